The van der Waals surface area contributed by atoms with Crippen molar-refractivity contribution in [3.63, 3.8) is 0 Å². The average Bonchev–Trinajstić information content (AvgIpc) is 2.37. The van der Waals surface area contributed by atoms with Gasteiger partial charge in [0.2, 0.25) is 5.88 Å². The first-order valence-corrected chi connectivity index (χ1v) is 6.15. The summed E-state index contributed by atoms with van der Waals surface area (Å²) in [4.78, 5) is 13.0. The molecule has 0 spiro atoms. The van der Waals surface area contributed by atoms with Crippen molar-refractivity contribution in [2.24, 2.45) is 0 Å². The van der Waals surface area contributed by atoms with Crippen LogP contribution in [0.1, 0.15) is 0 Å². The zero-order chi connectivity index (χ0) is 16.2. The molecule has 0 aliphatic heterocycles. The number of aliphatic carboxylic acids is 1. The van der Waals surface area contributed by atoms with Gasteiger partial charge in [0.15, 0.2) is 0 Å². The van der Waals surface area contributed by atoms with Crippen molar-refractivity contribution in [1.29, 1.82) is 0 Å². The predicted molar refractivity (Wildman–Crippen MR) is 74.1 cm³/mol. The maximum Gasteiger partial charge on any atom is 0.490 e. The first-order valence-electron chi connectivity index (χ1n) is 5.35. The van der Waals surface area contributed by atoms with Crippen LogP contribution in [0.4, 0.5) is 19.0 Å². The van der Waals surface area contributed by atoms with Gasteiger partial charge in [0.25, 0.3) is 0 Å². The van der Waals surface area contributed by atoms with Crippen LogP contribution in [-0.4, -0.2) is 29.3 Å². The Balaban J connectivity index is 0.000000270. The maximum absolute atomic E-state index is 10.6. The van der Waals surface area contributed by atoms with Crippen LogP contribution in [0, 0.1) is 0 Å². The molecule has 9 heteroatoms. The fourth-order valence-corrected chi connectivity index (χ4v) is 1.96. The van der Waals surface area contributed by atoms with Crippen molar-refractivity contribution in [2.45, 2.75) is 6.18 Å². The van der Waals surface area contributed by atoms with Crippen LogP contribution >= 0.6 is 15.9 Å². The molecule has 114 valence electrons. The highest BCUT2D eigenvalue weighted by Gasteiger charge is 2.38. The Morgan fingerprint density at radius 3 is 2.48 bits per heavy atom. The zero-order valence-corrected chi connectivity index (χ0v) is 12.2. The summed E-state index contributed by atoms with van der Waals surface area (Å²) in [5.41, 5.74) is 5.81. The van der Waals surface area contributed by atoms with Crippen LogP contribution in [0.2, 0.25) is 0 Å². The number of hydrogen-bond acceptors (Lipinski definition) is 4. The fourth-order valence-electron chi connectivity index (χ4n) is 1.38. The summed E-state index contributed by atoms with van der Waals surface area (Å²) in [6.45, 7) is 0. The van der Waals surface area contributed by atoms with E-state index in [4.69, 9.17) is 20.4 Å². The molecular formula is C12H10BrF3N2O3. The number of carboxylic acid groups (broad SMARTS) is 1. The first kappa shape index (κ1) is 17.0. The van der Waals surface area contributed by atoms with Crippen molar-refractivity contribution in [1.82, 2.24) is 4.98 Å². The number of aromatic nitrogens is 1. The first-order chi connectivity index (χ1) is 9.66. The summed E-state index contributed by atoms with van der Waals surface area (Å²) >= 11 is 3.43. The van der Waals surface area contributed by atoms with E-state index in [0.29, 0.717) is 11.7 Å². The lowest BCUT2D eigenvalue weighted by Crippen LogP contribution is -2.21. The van der Waals surface area contributed by atoms with E-state index < -0.39 is 12.1 Å². The van der Waals surface area contributed by atoms with Crippen molar-refractivity contribution < 1.29 is 27.8 Å². The monoisotopic (exact) mass is 366 g/mol. The van der Waals surface area contributed by atoms with Gasteiger partial charge in [-0.2, -0.15) is 18.2 Å². The normalized spacial score (nSPS) is 10.7. The van der Waals surface area contributed by atoms with Gasteiger partial charge in [0, 0.05) is 15.9 Å². The van der Waals surface area contributed by atoms with Crippen molar-refractivity contribution >= 4 is 38.5 Å². The Morgan fingerprint density at radius 1 is 1.43 bits per heavy atom. The van der Waals surface area contributed by atoms with E-state index in [2.05, 4.69) is 20.9 Å². The van der Waals surface area contributed by atoms with Gasteiger partial charge in [-0.25, -0.2) is 4.79 Å². The number of hydrogen-bond donors (Lipinski definition) is 2. The van der Waals surface area contributed by atoms with Crippen LogP contribution in [-0.2, 0) is 4.79 Å². The number of methoxy groups -OCH3 is 1. The van der Waals surface area contributed by atoms with Gasteiger partial charge in [-0.3, -0.25) is 0 Å². The number of carboxylic acids is 1. The van der Waals surface area contributed by atoms with E-state index >= 15 is 0 Å². The molecule has 1 heterocycles. The molecular weight excluding hydrogens is 357 g/mol. The number of fused-ring (bicyclic) bond motifs is 1. The van der Waals surface area contributed by atoms with Gasteiger partial charge in [-0.05, 0) is 11.5 Å². The minimum absolute atomic E-state index is 0.479. The quantitative estimate of drug-likeness (QED) is 0.809. The molecule has 0 fully saturated rings. The van der Waals surface area contributed by atoms with E-state index in [-0.39, 0.29) is 0 Å². The lowest BCUT2D eigenvalue weighted by Gasteiger charge is -2.06. The molecule has 0 unspecified atom stereocenters. The van der Waals surface area contributed by atoms with Crippen molar-refractivity contribution in [3.05, 3.63) is 28.7 Å². The Labute approximate surface area is 125 Å². The van der Waals surface area contributed by atoms with Crippen molar-refractivity contribution in [2.75, 3.05) is 12.8 Å². The number of benzene rings is 1. The molecule has 2 aromatic rings. The minimum Gasteiger partial charge on any atom is -0.481 e. The Hall–Kier alpha value is -2.03. The number of halogens is 4. The van der Waals surface area contributed by atoms with Gasteiger partial charge in [-0.15, -0.1) is 0 Å². The number of alkyl halides is 3. The molecule has 0 aliphatic rings. The lowest BCUT2D eigenvalue weighted by molar-refractivity contribution is -0.192. The van der Waals surface area contributed by atoms with Crippen LogP contribution in [0.3, 0.4) is 0 Å². The summed E-state index contributed by atoms with van der Waals surface area (Å²) in [5, 5.41) is 9.07. The lowest BCUT2D eigenvalue weighted by atomic mass is 10.1. The molecule has 3 N–H and O–H groups in total. The topological polar surface area (TPSA) is 85.4 Å². The number of nitrogens with two attached hydrogens (primary N) is 1. The smallest absolute Gasteiger partial charge is 0.481 e. The number of ether oxygens (including phenoxy) is 1. The predicted octanol–water partition coefficient (Wildman–Crippen LogP) is 3.22. The molecule has 0 atom stereocenters. The fraction of sp³-hybridized carbons (Fsp3) is 0.167. The third-order valence-electron chi connectivity index (χ3n) is 2.26. The summed E-state index contributed by atoms with van der Waals surface area (Å²) in [6, 6.07) is 7.72. The highest BCUT2D eigenvalue weighted by molar-refractivity contribution is 9.10. The zero-order valence-electron chi connectivity index (χ0n) is 10.6. The van der Waals surface area contributed by atoms with Crippen LogP contribution in [0.5, 0.6) is 5.88 Å². The molecule has 1 aromatic carbocycles. The Morgan fingerprint density at radius 2 is 2.00 bits per heavy atom. The highest BCUT2D eigenvalue weighted by atomic mass is 79.9. The van der Waals surface area contributed by atoms with Crippen molar-refractivity contribution in [3.8, 4) is 5.88 Å². The maximum atomic E-state index is 10.6. The number of nitrogen functional groups attached to an aromatic ring is 1. The van der Waals surface area contributed by atoms with Crippen LogP contribution < -0.4 is 10.5 Å². The van der Waals surface area contributed by atoms with E-state index in [0.717, 1.165) is 15.2 Å². The molecule has 0 aliphatic carbocycles. The third kappa shape index (κ3) is 4.48. The second kappa shape index (κ2) is 6.61. The summed E-state index contributed by atoms with van der Waals surface area (Å²) < 4.78 is 37.7. The molecule has 21 heavy (non-hydrogen) atoms. The number of anilines is 1. The van der Waals surface area contributed by atoms with Gasteiger partial charge in [0.05, 0.1) is 7.11 Å². The largest absolute Gasteiger partial charge is 0.490 e. The van der Waals surface area contributed by atoms with Gasteiger partial charge >= 0.3 is 12.1 Å². The van der Waals surface area contributed by atoms with E-state index in [9.17, 15) is 13.2 Å². The minimum atomic E-state index is -5.08. The molecule has 2 rings (SSSR count). The number of pyridine rings is 1. The third-order valence-corrected chi connectivity index (χ3v) is 2.92. The number of nitrogens with zero attached hydrogens (tertiary/aromatic N) is 1. The summed E-state index contributed by atoms with van der Waals surface area (Å²) in [6.07, 6.45) is -5.08. The number of carbonyl (C=O) groups is 1. The molecule has 1 aromatic heterocycles. The van der Waals surface area contributed by atoms with E-state index in [1.165, 1.54) is 0 Å². The second-order valence-electron chi connectivity index (χ2n) is 3.69. The van der Waals surface area contributed by atoms with Crippen LogP contribution in [0.15, 0.2) is 28.7 Å². The molecule has 0 saturated heterocycles. The second-order valence-corrected chi connectivity index (χ2v) is 4.55. The Kier molecular flexibility index (Phi) is 5.36. The molecule has 0 radical (unpaired) electrons. The standard InChI is InChI=1S/C10H9BrN2O.C2HF3O2/c1-14-8-5-6-3-2-4-7(11)9(6)10(12)13-8;3-2(4,5)1(6)7/h2-5H,1H3,(H2,12,13);(H,6,7). The highest BCUT2D eigenvalue weighted by Crippen LogP contribution is 2.30. The molecule has 5 nitrogen and oxygen atoms in total. The van der Waals surface area contributed by atoms with Gasteiger partial charge in [0.1, 0.15) is 5.82 Å². The van der Waals surface area contributed by atoms with Gasteiger partial charge in [-0.1, -0.05) is 28.1 Å². The Bertz CT molecular complexity index is 662. The molecule has 0 amide bonds. The SMILES string of the molecule is COc1cc2cccc(Br)c2c(N)n1.O=C(O)C(F)(F)F. The number of rotatable bonds is 1. The average molecular weight is 367 g/mol. The molecule has 0 bridgehead atoms. The van der Waals surface area contributed by atoms with Gasteiger partial charge < -0.3 is 15.6 Å². The van der Waals surface area contributed by atoms with Crippen LogP contribution in [0.25, 0.3) is 10.8 Å². The van der Waals surface area contributed by atoms with E-state index in [1.54, 1.807) is 7.11 Å². The molecule has 0 saturated carbocycles. The van der Waals surface area contributed by atoms with E-state index in [1.807, 2.05) is 24.3 Å². The summed E-state index contributed by atoms with van der Waals surface area (Å²) in [5.74, 6) is -1.74. The summed E-state index contributed by atoms with van der Waals surface area (Å²) in [7, 11) is 1.57.